The Hall–Kier alpha value is -3.12. The Labute approximate surface area is 186 Å². The van der Waals surface area contributed by atoms with Gasteiger partial charge in [-0.05, 0) is 55.2 Å². The fourth-order valence-electron chi connectivity index (χ4n) is 3.78. The second-order valence-corrected chi connectivity index (χ2v) is 8.53. The first-order chi connectivity index (χ1) is 15.1. The maximum Gasteiger partial charge on any atom is 0.261 e. The largest absolute Gasteiger partial charge is 0.326 e. The molecule has 0 radical (unpaired) electrons. The molecule has 31 heavy (non-hydrogen) atoms. The zero-order valence-corrected chi connectivity index (χ0v) is 18.5. The number of anilines is 2. The van der Waals surface area contributed by atoms with Crippen molar-refractivity contribution in [3.05, 3.63) is 77.5 Å². The average Bonchev–Trinajstić information content (AvgIpc) is 2.90. The first-order valence-electron chi connectivity index (χ1n) is 10.5. The minimum atomic E-state index is -0.0758. The summed E-state index contributed by atoms with van der Waals surface area (Å²) < 4.78 is 0. The van der Waals surface area contributed by atoms with Gasteiger partial charge < -0.3 is 10.2 Å². The van der Waals surface area contributed by atoms with Crippen LogP contribution >= 0.6 is 11.8 Å². The first-order valence-corrected chi connectivity index (χ1v) is 11.3. The molecule has 0 unspecified atom stereocenters. The average molecular weight is 432 g/mol. The quantitative estimate of drug-likeness (QED) is 0.561. The summed E-state index contributed by atoms with van der Waals surface area (Å²) in [5.41, 5.74) is 4.56. The highest BCUT2D eigenvalue weighted by atomic mass is 32.2. The summed E-state index contributed by atoms with van der Waals surface area (Å²) in [5, 5.41) is 3.78. The van der Waals surface area contributed by atoms with Crippen molar-refractivity contribution in [1.29, 1.82) is 0 Å². The van der Waals surface area contributed by atoms with Crippen molar-refractivity contribution in [3.8, 4) is 0 Å². The minimum absolute atomic E-state index is 0.0315. The molecule has 0 saturated carbocycles. The van der Waals surface area contributed by atoms with Gasteiger partial charge in [0.05, 0.1) is 11.3 Å². The molecule has 158 valence electrons. The van der Waals surface area contributed by atoms with Gasteiger partial charge in [0.15, 0.2) is 0 Å². The van der Waals surface area contributed by atoms with E-state index in [-0.39, 0.29) is 11.8 Å². The molecule has 1 aromatic heterocycles. The Morgan fingerprint density at radius 1 is 1.10 bits per heavy atom. The van der Waals surface area contributed by atoms with E-state index in [4.69, 9.17) is 0 Å². The van der Waals surface area contributed by atoms with Gasteiger partial charge in [0.25, 0.3) is 5.91 Å². The van der Waals surface area contributed by atoms with Gasteiger partial charge in [-0.25, -0.2) is 4.98 Å². The monoisotopic (exact) mass is 431 g/mol. The molecule has 2 heterocycles. The molecule has 5 nitrogen and oxygen atoms in total. The van der Waals surface area contributed by atoms with Crippen molar-refractivity contribution < 1.29 is 9.59 Å². The number of hydrogen-bond donors (Lipinski definition) is 1. The van der Waals surface area contributed by atoms with Crippen LogP contribution in [-0.2, 0) is 11.2 Å². The Kier molecular flexibility index (Phi) is 6.37. The summed E-state index contributed by atoms with van der Waals surface area (Å²) in [5.74, 6) is -0.107. The van der Waals surface area contributed by atoms with Gasteiger partial charge >= 0.3 is 0 Å². The van der Waals surface area contributed by atoms with Crippen molar-refractivity contribution in [2.75, 3.05) is 16.8 Å². The number of benzene rings is 2. The number of nitrogens with zero attached hydrogens (tertiary/aromatic N) is 2. The summed E-state index contributed by atoms with van der Waals surface area (Å²) in [6.07, 6.45) is 3.48. The van der Waals surface area contributed by atoms with E-state index in [1.165, 1.54) is 11.8 Å². The predicted molar refractivity (Wildman–Crippen MR) is 125 cm³/mol. The molecule has 2 amide bonds. The lowest BCUT2D eigenvalue weighted by molar-refractivity contribution is -0.116. The fourth-order valence-corrected chi connectivity index (χ4v) is 4.80. The molecule has 0 saturated heterocycles. The molecule has 3 aromatic rings. The van der Waals surface area contributed by atoms with E-state index >= 15 is 0 Å². The van der Waals surface area contributed by atoms with Crippen LogP contribution in [0.1, 0.15) is 41.3 Å². The third kappa shape index (κ3) is 4.49. The van der Waals surface area contributed by atoms with E-state index in [0.717, 1.165) is 33.8 Å². The fraction of sp³-hybridized carbons (Fsp3) is 0.240. The van der Waals surface area contributed by atoms with E-state index < -0.39 is 0 Å². The van der Waals surface area contributed by atoms with Crippen LogP contribution in [0.3, 0.4) is 0 Å². The van der Waals surface area contributed by atoms with E-state index in [2.05, 4.69) is 17.2 Å². The Morgan fingerprint density at radius 3 is 2.77 bits per heavy atom. The van der Waals surface area contributed by atoms with Crippen LogP contribution in [0, 0.1) is 6.92 Å². The Bertz CT molecular complexity index is 1130. The molecule has 1 aliphatic heterocycles. The Morgan fingerprint density at radius 2 is 1.94 bits per heavy atom. The number of rotatable bonds is 6. The number of carbonyl (C=O) groups is 2. The number of amides is 2. The lowest BCUT2D eigenvalue weighted by atomic mass is 10.1. The number of aryl methyl sites for hydroxylation is 2. The maximum absolute atomic E-state index is 13.3. The first kappa shape index (κ1) is 21.1. The number of fused-ring (bicyclic) bond motifs is 2. The van der Waals surface area contributed by atoms with Gasteiger partial charge in [-0.2, -0.15) is 0 Å². The van der Waals surface area contributed by atoms with Gasteiger partial charge in [-0.3, -0.25) is 9.59 Å². The van der Waals surface area contributed by atoms with Gasteiger partial charge in [0.2, 0.25) is 5.91 Å². The van der Waals surface area contributed by atoms with Crippen molar-refractivity contribution in [1.82, 2.24) is 4.98 Å². The molecule has 1 N–H and O–H groups in total. The van der Waals surface area contributed by atoms with E-state index in [1.54, 1.807) is 17.2 Å². The standard InChI is InChI=1S/C25H25N3O2S/c1-3-18-10-6-9-17(2)23(18)27-22(29)14-8-16-28-20-12-4-5-13-21(20)31-24-19(25(28)30)11-7-15-26-24/h4-7,9-13,15H,3,8,14,16H2,1-2H3,(H,27,29). The van der Waals surface area contributed by atoms with Gasteiger partial charge in [0.1, 0.15) is 5.03 Å². The molecule has 0 spiro atoms. The highest BCUT2D eigenvalue weighted by Crippen LogP contribution is 2.40. The summed E-state index contributed by atoms with van der Waals surface area (Å²) >= 11 is 1.51. The molecule has 6 heteroatoms. The minimum Gasteiger partial charge on any atom is -0.326 e. The van der Waals surface area contributed by atoms with E-state index in [9.17, 15) is 9.59 Å². The highest BCUT2D eigenvalue weighted by molar-refractivity contribution is 7.99. The molecule has 0 fully saturated rings. The predicted octanol–water partition coefficient (Wildman–Crippen LogP) is 5.48. The van der Waals surface area contributed by atoms with Gasteiger partial charge in [-0.15, -0.1) is 0 Å². The molecule has 1 aliphatic rings. The summed E-state index contributed by atoms with van der Waals surface area (Å²) in [4.78, 5) is 33.1. The molecule has 0 atom stereocenters. The third-order valence-electron chi connectivity index (χ3n) is 5.40. The van der Waals surface area contributed by atoms with Crippen molar-refractivity contribution in [2.45, 2.75) is 43.0 Å². The molecule has 2 aromatic carbocycles. The Balaban J connectivity index is 1.48. The van der Waals surface area contributed by atoms with Crippen LogP contribution in [0.25, 0.3) is 0 Å². The number of carbonyl (C=O) groups excluding carboxylic acids is 2. The summed E-state index contributed by atoms with van der Waals surface area (Å²) in [7, 11) is 0. The summed E-state index contributed by atoms with van der Waals surface area (Å²) in [6.45, 7) is 4.55. The topological polar surface area (TPSA) is 62.3 Å². The summed E-state index contributed by atoms with van der Waals surface area (Å²) in [6, 6.07) is 17.5. The van der Waals surface area contributed by atoms with Crippen molar-refractivity contribution in [2.24, 2.45) is 0 Å². The van der Waals surface area contributed by atoms with E-state index in [0.29, 0.717) is 30.0 Å². The van der Waals surface area contributed by atoms with Crippen molar-refractivity contribution in [3.63, 3.8) is 0 Å². The zero-order valence-electron chi connectivity index (χ0n) is 17.7. The van der Waals surface area contributed by atoms with E-state index in [1.807, 2.05) is 55.5 Å². The zero-order chi connectivity index (χ0) is 21.8. The number of para-hydroxylation sites is 2. The molecular weight excluding hydrogens is 406 g/mol. The second kappa shape index (κ2) is 9.35. The number of nitrogens with one attached hydrogen (secondary N) is 1. The van der Waals surface area contributed by atoms with Crippen LogP contribution in [-0.4, -0.2) is 23.3 Å². The van der Waals surface area contributed by atoms with Crippen LogP contribution in [0.4, 0.5) is 11.4 Å². The molecule has 0 bridgehead atoms. The maximum atomic E-state index is 13.3. The SMILES string of the molecule is CCc1cccc(C)c1NC(=O)CCCN1C(=O)c2cccnc2Sc2ccccc21. The lowest BCUT2D eigenvalue weighted by Gasteiger charge is -2.23. The van der Waals surface area contributed by atoms with Crippen LogP contribution in [0.2, 0.25) is 0 Å². The molecule has 4 rings (SSSR count). The lowest BCUT2D eigenvalue weighted by Crippen LogP contribution is -2.32. The number of pyridine rings is 1. The third-order valence-corrected chi connectivity index (χ3v) is 6.48. The highest BCUT2D eigenvalue weighted by Gasteiger charge is 2.27. The molecular formula is C25H25N3O2S. The normalized spacial score (nSPS) is 12.7. The van der Waals surface area contributed by atoms with Crippen molar-refractivity contribution >= 4 is 35.0 Å². The number of aromatic nitrogens is 1. The van der Waals surface area contributed by atoms with Gasteiger partial charge in [0, 0.05) is 29.7 Å². The molecule has 0 aliphatic carbocycles. The second-order valence-electron chi connectivity index (χ2n) is 7.50. The number of hydrogen-bond acceptors (Lipinski definition) is 4. The van der Waals surface area contributed by atoms with Gasteiger partial charge in [-0.1, -0.05) is 49.0 Å². The van der Waals surface area contributed by atoms with Crippen LogP contribution < -0.4 is 10.2 Å². The smallest absolute Gasteiger partial charge is 0.261 e. The van der Waals surface area contributed by atoms with Crippen LogP contribution in [0.5, 0.6) is 0 Å². The van der Waals surface area contributed by atoms with Crippen LogP contribution in [0.15, 0.2) is 70.7 Å².